The quantitative estimate of drug-likeness (QED) is 0.632. The lowest BCUT2D eigenvalue weighted by atomic mass is 9.81. The molecular weight excluding hydrogens is 384 g/mol. The third-order valence-corrected chi connectivity index (χ3v) is 6.28. The zero-order valence-corrected chi connectivity index (χ0v) is 18.0. The van der Waals surface area contributed by atoms with Gasteiger partial charge in [-0.2, -0.15) is 0 Å². The molecule has 9 heteroatoms. The summed E-state index contributed by atoms with van der Waals surface area (Å²) < 4.78 is 0. The molecule has 30 heavy (non-hydrogen) atoms. The topological polar surface area (TPSA) is 121 Å². The highest BCUT2D eigenvalue weighted by atomic mass is 16.2. The molecular formula is C21H32N6O3. The van der Waals surface area contributed by atoms with Crippen molar-refractivity contribution in [3.8, 4) is 0 Å². The molecule has 3 rings (SSSR count). The Kier molecular flexibility index (Phi) is 6.79. The second-order valence-corrected chi connectivity index (χ2v) is 8.47. The number of carbonyl (C=O) groups excluding carboxylic acids is 3. The summed E-state index contributed by atoms with van der Waals surface area (Å²) in [6.45, 7) is 5.82. The average Bonchev–Trinajstić information content (AvgIpc) is 2.75. The van der Waals surface area contributed by atoms with E-state index in [0.717, 1.165) is 31.2 Å². The van der Waals surface area contributed by atoms with Crippen LogP contribution in [-0.2, 0) is 9.59 Å². The number of hydrogen-bond donors (Lipinski definition) is 3. The number of rotatable bonds is 2. The number of aromatic nitrogens is 1. The molecule has 0 spiro atoms. The third kappa shape index (κ3) is 4.83. The van der Waals surface area contributed by atoms with Crippen LogP contribution in [0.1, 0.15) is 38.2 Å². The molecule has 0 unspecified atom stereocenters. The van der Waals surface area contributed by atoms with Crippen LogP contribution < -0.4 is 16.4 Å². The van der Waals surface area contributed by atoms with Gasteiger partial charge in [-0.1, -0.05) is 6.92 Å². The maximum absolute atomic E-state index is 13.1. The number of nitrogen functional groups attached to an aromatic ring is 1. The lowest BCUT2D eigenvalue weighted by Crippen LogP contribution is -2.55. The predicted octanol–water partition coefficient (Wildman–Crippen LogP) is 1.59. The number of anilines is 2. The molecule has 2 aliphatic heterocycles. The van der Waals surface area contributed by atoms with E-state index < -0.39 is 11.8 Å². The van der Waals surface area contributed by atoms with Crippen molar-refractivity contribution in [3.05, 3.63) is 17.8 Å². The predicted molar refractivity (Wildman–Crippen MR) is 115 cm³/mol. The number of hydrogen-bond acceptors (Lipinski definition) is 5. The van der Waals surface area contributed by atoms with E-state index in [4.69, 9.17) is 5.73 Å². The van der Waals surface area contributed by atoms with Crippen molar-refractivity contribution in [2.24, 2.45) is 11.8 Å². The van der Waals surface area contributed by atoms with Gasteiger partial charge in [0.25, 0.3) is 0 Å². The molecule has 0 radical (unpaired) electrons. The fraction of sp³-hybridized carbons (Fsp3) is 0.619. The van der Waals surface area contributed by atoms with Gasteiger partial charge in [0.15, 0.2) is 0 Å². The first-order chi connectivity index (χ1) is 14.3. The smallest absolute Gasteiger partial charge is 0.317 e. The van der Waals surface area contributed by atoms with Crippen LogP contribution in [0.4, 0.5) is 16.3 Å². The normalized spacial score (nSPS) is 22.5. The minimum atomic E-state index is -0.650. The second kappa shape index (κ2) is 9.32. The van der Waals surface area contributed by atoms with Crippen molar-refractivity contribution in [2.75, 3.05) is 37.7 Å². The fourth-order valence-electron chi connectivity index (χ4n) is 4.51. The number of pyridine rings is 1. The van der Waals surface area contributed by atoms with Crippen LogP contribution in [0.2, 0.25) is 0 Å². The Morgan fingerprint density at radius 2 is 1.87 bits per heavy atom. The number of amides is 4. The van der Waals surface area contributed by atoms with E-state index in [9.17, 15) is 14.4 Å². The molecule has 0 saturated carbocycles. The molecule has 2 atom stereocenters. The van der Waals surface area contributed by atoms with Gasteiger partial charge in [0.2, 0.25) is 0 Å². The van der Waals surface area contributed by atoms with Gasteiger partial charge in [0.05, 0.1) is 11.9 Å². The Morgan fingerprint density at radius 1 is 1.17 bits per heavy atom. The van der Waals surface area contributed by atoms with E-state index in [1.165, 1.54) is 6.20 Å². The van der Waals surface area contributed by atoms with Crippen LogP contribution in [0.25, 0.3) is 0 Å². The highest BCUT2D eigenvalue weighted by molar-refractivity contribution is 6.39. The van der Waals surface area contributed by atoms with Crippen LogP contribution >= 0.6 is 0 Å². The van der Waals surface area contributed by atoms with Gasteiger partial charge in [0, 0.05) is 32.7 Å². The number of urea groups is 1. The molecule has 0 aromatic carbocycles. The zero-order chi connectivity index (χ0) is 21.8. The minimum absolute atomic E-state index is 0.0255. The van der Waals surface area contributed by atoms with E-state index in [2.05, 4.69) is 22.5 Å². The summed E-state index contributed by atoms with van der Waals surface area (Å²) in [7, 11) is 1.63. The number of nitrogens with zero attached hydrogens (tertiary/aromatic N) is 3. The van der Waals surface area contributed by atoms with E-state index in [-0.39, 0.29) is 18.0 Å². The largest absolute Gasteiger partial charge is 0.383 e. The van der Waals surface area contributed by atoms with E-state index in [1.807, 2.05) is 0 Å². The zero-order valence-electron chi connectivity index (χ0n) is 18.0. The van der Waals surface area contributed by atoms with Gasteiger partial charge in [-0.3, -0.25) is 9.59 Å². The maximum atomic E-state index is 13.1. The SMILES string of the molecule is CNC(=O)N1CCC([C@H]2CC[C@H](C)CN2C(=O)C(=O)Nc2cnc(N)c(C)c2)CC1. The van der Waals surface area contributed by atoms with Gasteiger partial charge >= 0.3 is 17.8 Å². The van der Waals surface area contributed by atoms with Crippen molar-refractivity contribution in [2.45, 2.75) is 45.6 Å². The van der Waals surface area contributed by atoms with Crippen molar-refractivity contribution < 1.29 is 14.4 Å². The van der Waals surface area contributed by atoms with Gasteiger partial charge < -0.3 is 26.2 Å². The second-order valence-electron chi connectivity index (χ2n) is 8.47. The average molecular weight is 417 g/mol. The first kappa shape index (κ1) is 21.9. The van der Waals surface area contributed by atoms with Gasteiger partial charge in [-0.15, -0.1) is 0 Å². The molecule has 1 aromatic rings. The molecule has 4 N–H and O–H groups in total. The van der Waals surface area contributed by atoms with Crippen LogP contribution in [-0.4, -0.2) is 65.4 Å². The minimum Gasteiger partial charge on any atom is -0.383 e. The summed E-state index contributed by atoms with van der Waals surface area (Å²) >= 11 is 0. The Bertz CT molecular complexity index is 806. The summed E-state index contributed by atoms with van der Waals surface area (Å²) in [6, 6.07) is 1.67. The van der Waals surface area contributed by atoms with Crippen LogP contribution in [0, 0.1) is 18.8 Å². The molecule has 0 bridgehead atoms. The molecule has 3 heterocycles. The van der Waals surface area contributed by atoms with E-state index in [0.29, 0.717) is 37.1 Å². The summed E-state index contributed by atoms with van der Waals surface area (Å²) in [4.78, 5) is 45.2. The number of nitrogens with two attached hydrogens (primary N) is 1. The molecule has 2 fully saturated rings. The molecule has 4 amide bonds. The Labute approximate surface area is 177 Å². The Hall–Kier alpha value is -2.84. The van der Waals surface area contributed by atoms with Gasteiger partial charge in [-0.25, -0.2) is 9.78 Å². The molecule has 0 aliphatic carbocycles. The highest BCUT2D eigenvalue weighted by Crippen LogP contribution is 2.32. The molecule has 2 saturated heterocycles. The summed E-state index contributed by atoms with van der Waals surface area (Å²) in [5.74, 6) is -0.120. The summed E-state index contributed by atoms with van der Waals surface area (Å²) in [5, 5.41) is 5.33. The Balaban J connectivity index is 1.67. The number of piperidine rings is 2. The lowest BCUT2D eigenvalue weighted by Gasteiger charge is -2.45. The third-order valence-electron chi connectivity index (χ3n) is 6.28. The van der Waals surface area contributed by atoms with E-state index >= 15 is 0 Å². The molecule has 9 nitrogen and oxygen atoms in total. The van der Waals surface area contributed by atoms with Gasteiger partial charge in [0.1, 0.15) is 5.82 Å². The standard InChI is InChI=1S/C21H32N6O3/c1-13-4-5-17(15-6-8-26(9-7-15)21(30)23-3)27(12-13)20(29)19(28)25-16-10-14(2)18(22)24-11-16/h10-11,13,15,17H,4-9,12H2,1-3H3,(H2,22,24)(H,23,30)(H,25,28)/t13-,17+/m0/s1. The van der Waals surface area contributed by atoms with Crippen LogP contribution in [0.3, 0.4) is 0 Å². The van der Waals surface area contributed by atoms with Crippen molar-refractivity contribution in [1.29, 1.82) is 0 Å². The number of nitrogens with one attached hydrogen (secondary N) is 2. The molecule has 2 aliphatic rings. The first-order valence-electron chi connectivity index (χ1n) is 10.6. The molecule has 164 valence electrons. The van der Waals surface area contributed by atoms with Crippen LogP contribution in [0.5, 0.6) is 0 Å². The maximum Gasteiger partial charge on any atom is 0.317 e. The molecule has 1 aromatic heterocycles. The Morgan fingerprint density at radius 3 is 2.50 bits per heavy atom. The summed E-state index contributed by atoms with van der Waals surface area (Å²) in [6.07, 6.45) is 5.04. The monoisotopic (exact) mass is 416 g/mol. The van der Waals surface area contributed by atoms with E-state index in [1.54, 1.807) is 29.8 Å². The van der Waals surface area contributed by atoms with Crippen molar-refractivity contribution in [1.82, 2.24) is 20.1 Å². The number of likely N-dealkylation sites (tertiary alicyclic amines) is 2. The highest BCUT2D eigenvalue weighted by Gasteiger charge is 2.39. The lowest BCUT2D eigenvalue weighted by molar-refractivity contribution is -0.148. The fourth-order valence-corrected chi connectivity index (χ4v) is 4.51. The first-order valence-corrected chi connectivity index (χ1v) is 10.6. The van der Waals surface area contributed by atoms with Crippen LogP contribution in [0.15, 0.2) is 12.3 Å². The van der Waals surface area contributed by atoms with Gasteiger partial charge in [-0.05, 0) is 56.1 Å². The van der Waals surface area contributed by atoms with Crippen molar-refractivity contribution in [3.63, 3.8) is 0 Å². The van der Waals surface area contributed by atoms with Crippen molar-refractivity contribution >= 4 is 29.4 Å². The summed E-state index contributed by atoms with van der Waals surface area (Å²) in [5.41, 5.74) is 6.92. The number of aryl methyl sites for hydroxylation is 1. The number of carbonyl (C=O) groups is 3.